The number of nitrogens with zero attached hydrogens (tertiary/aromatic N) is 2. The molecule has 3 atom stereocenters. The van der Waals surface area contributed by atoms with Crippen LogP contribution in [0, 0.1) is 18.8 Å². The van der Waals surface area contributed by atoms with E-state index in [0.717, 1.165) is 11.6 Å². The standard InChI is InChI=1S/C14H25N3/c1-4-11-6-5-7-12(9-11)14(15)13-8-10(2)16-17(13)3/h8,11-12,14H,4-7,9,15H2,1-3H3. The van der Waals surface area contributed by atoms with Crippen LogP contribution in [0.5, 0.6) is 0 Å². The summed E-state index contributed by atoms with van der Waals surface area (Å²) in [6.07, 6.45) is 6.61. The molecule has 3 heteroatoms. The van der Waals surface area contributed by atoms with Crippen molar-refractivity contribution in [2.45, 2.75) is 52.0 Å². The second-order valence-corrected chi connectivity index (χ2v) is 5.56. The van der Waals surface area contributed by atoms with Gasteiger partial charge in [0.25, 0.3) is 0 Å². The van der Waals surface area contributed by atoms with Crippen LogP contribution in [0.25, 0.3) is 0 Å². The second-order valence-electron chi connectivity index (χ2n) is 5.56. The molecule has 0 bridgehead atoms. The highest BCUT2D eigenvalue weighted by Gasteiger charge is 2.28. The molecule has 0 radical (unpaired) electrons. The molecule has 17 heavy (non-hydrogen) atoms. The number of nitrogens with two attached hydrogens (primary N) is 1. The molecule has 3 unspecified atom stereocenters. The van der Waals surface area contributed by atoms with Gasteiger partial charge in [0.2, 0.25) is 0 Å². The summed E-state index contributed by atoms with van der Waals surface area (Å²) in [6, 6.07) is 2.30. The summed E-state index contributed by atoms with van der Waals surface area (Å²) in [5.41, 5.74) is 8.71. The van der Waals surface area contributed by atoms with E-state index in [2.05, 4.69) is 18.1 Å². The predicted molar refractivity (Wildman–Crippen MR) is 70.6 cm³/mol. The van der Waals surface area contributed by atoms with Crippen molar-refractivity contribution in [1.82, 2.24) is 9.78 Å². The Hall–Kier alpha value is -0.830. The molecule has 1 aromatic rings. The number of hydrogen-bond donors (Lipinski definition) is 1. The summed E-state index contributed by atoms with van der Waals surface area (Å²) in [4.78, 5) is 0. The lowest BCUT2D eigenvalue weighted by atomic mass is 9.76. The maximum atomic E-state index is 6.44. The van der Waals surface area contributed by atoms with Crippen molar-refractivity contribution in [1.29, 1.82) is 0 Å². The minimum absolute atomic E-state index is 0.163. The van der Waals surface area contributed by atoms with Crippen molar-refractivity contribution in [2.24, 2.45) is 24.6 Å². The molecule has 0 amide bonds. The Morgan fingerprint density at radius 1 is 1.53 bits per heavy atom. The minimum atomic E-state index is 0.163. The van der Waals surface area contributed by atoms with Crippen LogP contribution in [-0.2, 0) is 7.05 Å². The molecular formula is C14H25N3. The number of hydrogen-bond acceptors (Lipinski definition) is 2. The maximum absolute atomic E-state index is 6.44. The van der Waals surface area contributed by atoms with E-state index >= 15 is 0 Å². The van der Waals surface area contributed by atoms with Crippen molar-refractivity contribution in [2.75, 3.05) is 0 Å². The number of aryl methyl sites for hydroxylation is 2. The van der Waals surface area contributed by atoms with Gasteiger partial charge in [-0.3, -0.25) is 4.68 Å². The van der Waals surface area contributed by atoms with Gasteiger partial charge in [0, 0.05) is 13.1 Å². The second kappa shape index (κ2) is 5.21. The van der Waals surface area contributed by atoms with Gasteiger partial charge in [-0.1, -0.05) is 26.2 Å². The molecule has 2 rings (SSSR count). The van der Waals surface area contributed by atoms with Crippen LogP contribution in [0.15, 0.2) is 6.07 Å². The summed E-state index contributed by atoms with van der Waals surface area (Å²) in [5.74, 6) is 1.53. The van der Waals surface area contributed by atoms with Crippen LogP contribution in [0.3, 0.4) is 0 Å². The monoisotopic (exact) mass is 235 g/mol. The molecule has 96 valence electrons. The normalized spacial score (nSPS) is 27.1. The van der Waals surface area contributed by atoms with Gasteiger partial charge in [-0.25, -0.2) is 0 Å². The molecule has 1 fully saturated rings. The first-order chi connectivity index (χ1) is 8.11. The van der Waals surface area contributed by atoms with Crippen molar-refractivity contribution < 1.29 is 0 Å². The van der Waals surface area contributed by atoms with E-state index in [1.807, 2.05) is 18.7 Å². The van der Waals surface area contributed by atoms with Gasteiger partial charge in [-0.15, -0.1) is 0 Å². The summed E-state index contributed by atoms with van der Waals surface area (Å²) >= 11 is 0. The summed E-state index contributed by atoms with van der Waals surface area (Å²) in [5, 5.41) is 4.40. The van der Waals surface area contributed by atoms with Crippen LogP contribution < -0.4 is 5.73 Å². The Labute approximate surface area is 104 Å². The van der Waals surface area contributed by atoms with E-state index in [4.69, 9.17) is 5.73 Å². The van der Waals surface area contributed by atoms with Crippen LogP contribution in [0.2, 0.25) is 0 Å². The molecule has 2 N–H and O–H groups in total. The van der Waals surface area contributed by atoms with Gasteiger partial charge >= 0.3 is 0 Å². The van der Waals surface area contributed by atoms with Gasteiger partial charge < -0.3 is 5.73 Å². The van der Waals surface area contributed by atoms with Crippen molar-refractivity contribution in [3.05, 3.63) is 17.5 Å². The predicted octanol–water partition coefficient (Wildman–Crippen LogP) is 2.94. The molecule has 3 nitrogen and oxygen atoms in total. The smallest absolute Gasteiger partial charge is 0.0597 e. The highest BCUT2D eigenvalue weighted by Crippen LogP contribution is 2.37. The molecule has 1 heterocycles. The fraction of sp³-hybridized carbons (Fsp3) is 0.786. The largest absolute Gasteiger partial charge is 0.322 e. The van der Waals surface area contributed by atoms with E-state index in [9.17, 15) is 0 Å². The average Bonchev–Trinajstić information content (AvgIpc) is 2.67. The lowest BCUT2D eigenvalue weighted by Gasteiger charge is -2.32. The number of aromatic nitrogens is 2. The fourth-order valence-electron chi connectivity index (χ4n) is 3.21. The quantitative estimate of drug-likeness (QED) is 0.875. The van der Waals surface area contributed by atoms with E-state index in [1.54, 1.807) is 0 Å². The third-order valence-electron chi connectivity index (χ3n) is 4.29. The van der Waals surface area contributed by atoms with Gasteiger partial charge in [0.15, 0.2) is 0 Å². The Kier molecular flexibility index (Phi) is 3.87. The highest BCUT2D eigenvalue weighted by molar-refractivity contribution is 5.13. The van der Waals surface area contributed by atoms with Gasteiger partial charge in [-0.2, -0.15) is 5.10 Å². The van der Waals surface area contributed by atoms with Gasteiger partial charge in [-0.05, 0) is 37.7 Å². The lowest BCUT2D eigenvalue weighted by Crippen LogP contribution is -2.28. The van der Waals surface area contributed by atoms with E-state index in [0.29, 0.717) is 5.92 Å². The Morgan fingerprint density at radius 2 is 2.29 bits per heavy atom. The first-order valence-electron chi connectivity index (χ1n) is 6.88. The topological polar surface area (TPSA) is 43.8 Å². The van der Waals surface area contributed by atoms with Crippen LogP contribution in [0.1, 0.15) is 56.5 Å². The van der Waals surface area contributed by atoms with E-state index in [-0.39, 0.29) is 6.04 Å². The van der Waals surface area contributed by atoms with Crippen LogP contribution in [-0.4, -0.2) is 9.78 Å². The molecule has 0 aliphatic heterocycles. The zero-order chi connectivity index (χ0) is 12.4. The molecule has 1 saturated carbocycles. The Morgan fingerprint density at radius 3 is 2.88 bits per heavy atom. The molecule has 0 spiro atoms. The molecule has 0 saturated heterocycles. The molecule has 0 aromatic carbocycles. The molecule has 1 aromatic heterocycles. The van der Waals surface area contributed by atoms with Crippen molar-refractivity contribution in [3.8, 4) is 0 Å². The maximum Gasteiger partial charge on any atom is 0.0597 e. The minimum Gasteiger partial charge on any atom is -0.322 e. The third-order valence-corrected chi connectivity index (χ3v) is 4.29. The summed E-state index contributed by atoms with van der Waals surface area (Å²) in [7, 11) is 2.00. The molecule has 1 aliphatic rings. The van der Waals surface area contributed by atoms with E-state index < -0.39 is 0 Å². The highest BCUT2D eigenvalue weighted by atomic mass is 15.3. The fourth-order valence-corrected chi connectivity index (χ4v) is 3.21. The summed E-state index contributed by atoms with van der Waals surface area (Å²) < 4.78 is 1.95. The summed E-state index contributed by atoms with van der Waals surface area (Å²) in [6.45, 7) is 4.33. The molecule has 1 aliphatic carbocycles. The Balaban J connectivity index is 2.08. The Bertz CT molecular complexity index is 370. The van der Waals surface area contributed by atoms with Crippen LogP contribution >= 0.6 is 0 Å². The number of rotatable bonds is 3. The van der Waals surface area contributed by atoms with Crippen molar-refractivity contribution in [3.63, 3.8) is 0 Å². The van der Waals surface area contributed by atoms with Crippen LogP contribution in [0.4, 0.5) is 0 Å². The SMILES string of the molecule is CCC1CCCC(C(N)c2cc(C)nn2C)C1. The first-order valence-corrected chi connectivity index (χ1v) is 6.88. The van der Waals surface area contributed by atoms with Gasteiger partial charge in [0.1, 0.15) is 0 Å². The van der Waals surface area contributed by atoms with E-state index in [1.165, 1.54) is 37.8 Å². The molecular weight excluding hydrogens is 210 g/mol. The first kappa shape index (κ1) is 12.6. The van der Waals surface area contributed by atoms with Crippen molar-refractivity contribution >= 4 is 0 Å². The average molecular weight is 235 g/mol. The zero-order valence-electron chi connectivity index (χ0n) is 11.3. The third kappa shape index (κ3) is 2.71. The van der Waals surface area contributed by atoms with Gasteiger partial charge in [0.05, 0.1) is 11.4 Å². The zero-order valence-corrected chi connectivity index (χ0v) is 11.3. The lowest BCUT2D eigenvalue weighted by molar-refractivity contribution is 0.226.